The molecule has 0 saturated heterocycles. The molecule has 1 aliphatic rings. The van der Waals surface area contributed by atoms with Gasteiger partial charge in [0.15, 0.2) is 0 Å². The Labute approximate surface area is 134 Å². The van der Waals surface area contributed by atoms with E-state index >= 15 is 0 Å². The van der Waals surface area contributed by atoms with Crippen LogP contribution in [0.15, 0.2) is 35.5 Å². The van der Waals surface area contributed by atoms with E-state index in [0.717, 1.165) is 0 Å². The van der Waals surface area contributed by atoms with Crippen molar-refractivity contribution >= 4 is 21.7 Å². The molecule has 1 N–H and O–H groups in total. The molecule has 23 heavy (non-hydrogen) atoms. The fraction of sp³-hybridized carbons (Fsp3) is 0.333. The summed E-state index contributed by atoms with van der Waals surface area (Å²) in [5.41, 5.74) is 1.17. The summed E-state index contributed by atoms with van der Waals surface area (Å²) in [7, 11) is -3.75. The average molecular weight is 335 g/mol. The first kappa shape index (κ1) is 15.5. The van der Waals surface area contributed by atoms with Crippen molar-refractivity contribution < 1.29 is 18.3 Å². The number of hydrogen-bond donors (Lipinski definition) is 1. The van der Waals surface area contributed by atoms with Crippen LogP contribution in [0.4, 0.5) is 5.69 Å². The van der Waals surface area contributed by atoms with E-state index < -0.39 is 16.0 Å². The lowest BCUT2D eigenvalue weighted by atomic mass is 9.98. The van der Waals surface area contributed by atoms with Gasteiger partial charge in [-0.2, -0.15) is 5.10 Å². The molecule has 0 spiro atoms. The number of aromatic nitrogens is 2. The Balaban J connectivity index is 2.09. The highest BCUT2D eigenvalue weighted by molar-refractivity contribution is 7.92. The summed E-state index contributed by atoms with van der Waals surface area (Å²) in [6.45, 7) is 2.78. The SMILES string of the molecule is CCn1cc(S(=O)(=O)N2CCCc3c(C(=O)O)cccc32)cn1. The third kappa shape index (κ3) is 2.59. The van der Waals surface area contributed by atoms with Gasteiger partial charge in [0.05, 0.1) is 17.4 Å². The second-order valence-electron chi connectivity index (χ2n) is 5.32. The molecule has 2 aromatic rings. The Morgan fingerprint density at radius 3 is 2.83 bits per heavy atom. The van der Waals surface area contributed by atoms with Gasteiger partial charge < -0.3 is 5.11 Å². The largest absolute Gasteiger partial charge is 0.478 e. The van der Waals surface area contributed by atoms with Crippen molar-refractivity contribution in [3.8, 4) is 0 Å². The molecule has 3 rings (SSSR count). The molecule has 1 aromatic carbocycles. The maximum atomic E-state index is 12.9. The third-order valence-electron chi connectivity index (χ3n) is 3.96. The van der Waals surface area contributed by atoms with E-state index in [1.165, 1.54) is 22.8 Å². The van der Waals surface area contributed by atoms with Gasteiger partial charge in [-0.3, -0.25) is 8.99 Å². The van der Waals surface area contributed by atoms with E-state index in [9.17, 15) is 18.3 Å². The van der Waals surface area contributed by atoms with Gasteiger partial charge in [0.25, 0.3) is 10.0 Å². The molecule has 122 valence electrons. The second kappa shape index (κ2) is 5.69. The number of fused-ring (bicyclic) bond motifs is 1. The van der Waals surface area contributed by atoms with Gasteiger partial charge >= 0.3 is 5.97 Å². The van der Waals surface area contributed by atoms with Gasteiger partial charge in [-0.25, -0.2) is 13.2 Å². The van der Waals surface area contributed by atoms with E-state index in [0.29, 0.717) is 37.2 Å². The fourth-order valence-electron chi connectivity index (χ4n) is 2.82. The molecule has 2 heterocycles. The minimum atomic E-state index is -3.75. The summed E-state index contributed by atoms with van der Waals surface area (Å²) < 4.78 is 28.6. The number of carboxylic acid groups (broad SMARTS) is 1. The van der Waals surface area contributed by atoms with Gasteiger partial charge in [-0.05, 0) is 37.5 Å². The zero-order chi connectivity index (χ0) is 16.6. The van der Waals surface area contributed by atoms with Gasteiger partial charge in [0, 0.05) is 19.3 Å². The molecular weight excluding hydrogens is 318 g/mol. The Hall–Kier alpha value is -2.35. The van der Waals surface area contributed by atoms with E-state index in [1.54, 1.807) is 16.8 Å². The molecular formula is C15H17N3O4S. The van der Waals surface area contributed by atoms with Crippen molar-refractivity contribution in [1.82, 2.24) is 9.78 Å². The Morgan fingerprint density at radius 1 is 1.39 bits per heavy atom. The molecule has 0 aliphatic carbocycles. The van der Waals surface area contributed by atoms with Crippen LogP contribution in [0.1, 0.15) is 29.3 Å². The molecule has 0 bridgehead atoms. The summed E-state index contributed by atoms with van der Waals surface area (Å²) in [6.07, 6.45) is 3.95. The summed E-state index contributed by atoms with van der Waals surface area (Å²) in [4.78, 5) is 11.5. The van der Waals surface area contributed by atoms with Crippen LogP contribution < -0.4 is 4.31 Å². The number of carbonyl (C=O) groups is 1. The fourth-order valence-corrected chi connectivity index (χ4v) is 4.31. The van der Waals surface area contributed by atoms with Crippen LogP contribution in [-0.4, -0.2) is 35.8 Å². The summed E-state index contributed by atoms with van der Waals surface area (Å²) >= 11 is 0. The number of sulfonamides is 1. The van der Waals surface area contributed by atoms with Crippen molar-refractivity contribution in [2.24, 2.45) is 0 Å². The summed E-state index contributed by atoms with van der Waals surface area (Å²) in [5.74, 6) is -1.04. The molecule has 0 saturated carbocycles. The molecule has 0 radical (unpaired) electrons. The van der Waals surface area contributed by atoms with Gasteiger partial charge in [0.1, 0.15) is 4.90 Å². The van der Waals surface area contributed by atoms with Gasteiger partial charge in [-0.15, -0.1) is 0 Å². The number of benzene rings is 1. The number of rotatable bonds is 4. The first-order valence-electron chi connectivity index (χ1n) is 7.35. The van der Waals surface area contributed by atoms with Crippen LogP contribution in [0.2, 0.25) is 0 Å². The van der Waals surface area contributed by atoms with E-state index in [1.807, 2.05) is 6.92 Å². The van der Waals surface area contributed by atoms with Crippen LogP contribution >= 0.6 is 0 Å². The van der Waals surface area contributed by atoms with Crippen LogP contribution in [0.5, 0.6) is 0 Å². The Bertz CT molecular complexity index is 857. The number of carboxylic acids is 1. The second-order valence-corrected chi connectivity index (χ2v) is 7.18. The highest BCUT2D eigenvalue weighted by atomic mass is 32.2. The first-order chi connectivity index (χ1) is 10.9. The molecule has 0 fully saturated rings. The molecule has 1 aliphatic heterocycles. The monoisotopic (exact) mass is 335 g/mol. The van der Waals surface area contributed by atoms with Crippen LogP contribution in [0.25, 0.3) is 0 Å². The summed E-state index contributed by atoms with van der Waals surface area (Å²) in [5, 5.41) is 13.3. The number of aryl methyl sites for hydroxylation is 1. The van der Waals surface area contributed by atoms with Crippen molar-refractivity contribution in [3.63, 3.8) is 0 Å². The average Bonchev–Trinajstić information content (AvgIpc) is 3.03. The van der Waals surface area contributed by atoms with Crippen LogP contribution in [-0.2, 0) is 23.0 Å². The topological polar surface area (TPSA) is 92.5 Å². The van der Waals surface area contributed by atoms with Crippen LogP contribution in [0, 0.1) is 0 Å². The minimum absolute atomic E-state index is 0.118. The normalized spacial score (nSPS) is 14.6. The quantitative estimate of drug-likeness (QED) is 0.919. The van der Waals surface area contributed by atoms with Crippen molar-refractivity contribution in [1.29, 1.82) is 0 Å². The lowest BCUT2D eigenvalue weighted by Gasteiger charge is -2.30. The van der Waals surface area contributed by atoms with E-state index in [2.05, 4.69) is 5.10 Å². The Kier molecular flexibility index (Phi) is 3.85. The van der Waals surface area contributed by atoms with Crippen LogP contribution in [0.3, 0.4) is 0 Å². The minimum Gasteiger partial charge on any atom is -0.478 e. The van der Waals surface area contributed by atoms with E-state index in [4.69, 9.17) is 0 Å². The number of hydrogen-bond acceptors (Lipinski definition) is 4. The predicted octanol–water partition coefficient (Wildman–Crippen LogP) is 1.74. The lowest BCUT2D eigenvalue weighted by molar-refractivity contribution is 0.0695. The molecule has 0 atom stereocenters. The van der Waals surface area contributed by atoms with E-state index in [-0.39, 0.29) is 10.5 Å². The van der Waals surface area contributed by atoms with Crippen molar-refractivity contribution in [3.05, 3.63) is 41.7 Å². The molecule has 1 aromatic heterocycles. The lowest BCUT2D eigenvalue weighted by Crippen LogP contribution is -2.36. The zero-order valence-electron chi connectivity index (χ0n) is 12.6. The zero-order valence-corrected chi connectivity index (χ0v) is 13.5. The summed E-state index contributed by atoms with van der Waals surface area (Å²) in [6, 6.07) is 4.74. The van der Waals surface area contributed by atoms with Gasteiger partial charge in [0.2, 0.25) is 0 Å². The molecule has 8 heteroatoms. The molecule has 7 nitrogen and oxygen atoms in total. The standard InChI is InChI=1S/C15H17N3O4S/c1-2-17-10-11(9-16-17)23(21,22)18-8-4-6-12-13(15(19)20)5-3-7-14(12)18/h3,5,7,9-10H,2,4,6,8H2,1H3,(H,19,20). The number of nitrogens with zero attached hydrogens (tertiary/aromatic N) is 3. The maximum Gasteiger partial charge on any atom is 0.336 e. The number of aromatic carboxylic acids is 1. The highest BCUT2D eigenvalue weighted by Gasteiger charge is 2.31. The number of anilines is 1. The predicted molar refractivity (Wildman–Crippen MR) is 84.2 cm³/mol. The van der Waals surface area contributed by atoms with Gasteiger partial charge in [-0.1, -0.05) is 6.07 Å². The molecule has 0 amide bonds. The maximum absolute atomic E-state index is 12.9. The first-order valence-corrected chi connectivity index (χ1v) is 8.79. The highest BCUT2D eigenvalue weighted by Crippen LogP contribution is 2.33. The van der Waals surface area contributed by atoms with Crippen molar-refractivity contribution in [2.75, 3.05) is 10.8 Å². The smallest absolute Gasteiger partial charge is 0.336 e. The van der Waals surface area contributed by atoms with Crippen molar-refractivity contribution in [2.45, 2.75) is 31.2 Å². The molecule has 0 unspecified atom stereocenters. The Morgan fingerprint density at radius 2 is 2.17 bits per heavy atom. The third-order valence-corrected chi connectivity index (χ3v) is 5.73.